The van der Waals surface area contributed by atoms with Gasteiger partial charge in [-0.2, -0.15) is 0 Å². The minimum atomic E-state index is -0.135. The van der Waals surface area contributed by atoms with Crippen LogP contribution in [0.3, 0.4) is 0 Å². The van der Waals surface area contributed by atoms with E-state index in [9.17, 15) is 4.79 Å². The molecule has 1 rings (SSSR count). The third kappa shape index (κ3) is 4.33. The highest BCUT2D eigenvalue weighted by molar-refractivity contribution is 7.12. The predicted octanol–water partition coefficient (Wildman–Crippen LogP) is 2.41. The number of esters is 1. The Morgan fingerprint density at radius 3 is 2.81 bits per heavy atom. The molecular weight excluding hydrogens is 222 g/mol. The van der Waals surface area contributed by atoms with Crippen molar-refractivity contribution in [2.24, 2.45) is 0 Å². The topological polar surface area (TPSA) is 38.3 Å². The molecule has 0 bridgehead atoms. The van der Waals surface area contributed by atoms with E-state index in [0.717, 1.165) is 19.5 Å². The summed E-state index contributed by atoms with van der Waals surface area (Å²) in [5.74, 6) is -0.135. The fourth-order valence-corrected chi connectivity index (χ4v) is 2.49. The first-order valence-corrected chi connectivity index (χ1v) is 6.28. The number of carbonyl (C=O) groups is 1. The number of ether oxygens (including phenoxy) is 1. The first-order chi connectivity index (χ1) is 7.63. The van der Waals surface area contributed by atoms with Crippen molar-refractivity contribution in [3.63, 3.8) is 0 Å². The van der Waals surface area contributed by atoms with E-state index >= 15 is 0 Å². The van der Waals surface area contributed by atoms with Crippen LogP contribution in [0.2, 0.25) is 0 Å². The van der Waals surface area contributed by atoms with Crippen molar-refractivity contribution in [2.45, 2.75) is 33.2 Å². The first kappa shape index (κ1) is 13.2. The maximum Gasteiger partial charge on any atom is 0.305 e. The summed E-state index contributed by atoms with van der Waals surface area (Å²) in [7, 11) is 1.42. The molecule has 0 fully saturated rings. The molecule has 0 atom stereocenters. The Bertz CT molecular complexity index is 347. The average molecular weight is 241 g/mol. The van der Waals surface area contributed by atoms with Gasteiger partial charge in [0.2, 0.25) is 0 Å². The zero-order valence-electron chi connectivity index (χ0n) is 10.1. The summed E-state index contributed by atoms with van der Waals surface area (Å²) in [4.78, 5) is 13.6. The molecule has 0 aliphatic rings. The Hall–Kier alpha value is -0.870. The van der Waals surface area contributed by atoms with Crippen LogP contribution in [0.4, 0.5) is 0 Å². The second kappa shape index (κ2) is 6.66. The lowest BCUT2D eigenvalue weighted by Crippen LogP contribution is -2.16. The van der Waals surface area contributed by atoms with Crippen molar-refractivity contribution in [1.29, 1.82) is 0 Å². The molecule has 0 aliphatic heterocycles. The maximum atomic E-state index is 10.9. The number of nitrogens with one attached hydrogen (secondary N) is 1. The van der Waals surface area contributed by atoms with Crippen LogP contribution in [0, 0.1) is 13.8 Å². The molecule has 4 heteroatoms. The van der Waals surface area contributed by atoms with Gasteiger partial charge in [-0.3, -0.25) is 4.79 Å². The summed E-state index contributed by atoms with van der Waals surface area (Å²) in [5, 5.41) is 3.33. The van der Waals surface area contributed by atoms with Crippen LogP contribution in [0.1, 0.15) is 28.2 Å². The highest BCUT2D eigenvalue weighted by atomic mass is 32.1. The molecule has 0 radical (unpaired) electrons. The Morgan fingerprint density at radius 1 is 1.50 bits per heavy atom. The number of methoxy groups -OCH3 is 1. The van der Waals surface area contributed by atoms with Gasteiger partial charge in [-0.05, 0) is 38.4 Å². The van der Waals surface area contributed by atoms with Crippen LogP contribution >= 0.6 is 11.3 Å². The molecule has 0 aromatic carbocycles. The lowest BCUT2D eigenvalue weighted by molar-refractivity contribution is -0.140. The van der Waals surface area contributed by atoms with Crippen LogP contribution in [0.15, 0.2) is 6.07 Å². The fourth-order valence-electron chi connectivity index (χ4n) is 1.54. The zero-order chi connectivity index (χ0) is 12.0. The molecule has 1 aromatic rings. The molecule has 0 aliphatic carbocycles. The Labute approximate surface area is 101 Å². The van der Waals surface area contributed by atoms with E-state index < -0.39 is 0 Å². The quantitative estimate of drug-likeness (QED) is 0.614. The second-order valence-electron chi connectivity index (χ2n) is 3.79. The third-order valence-electron chi connectivity index (χ3n) is 2.42. The number of hydrogen-bond donors (Lipinski definition) is 1. The molecule has 0 spiro atoms. The number of carbonyl (C=O) groups excluding carboxylic acids is 1. The minimum absolute atomic E-state index is 0.135. The van der Waals surface area contributed by atoms with Crippen LogP contribution in [0.5, 0.6) is 0 Å². The summed E-state index contributed by atoms with van der Waals surface area (Å²) in [5.41, 5.74) is 1.36. The Kier molecular flexibility index (Phi) is 5.49. The van der Waals surface area contributed by atoms with E-state index in [0.29, 0.717) is 6.42 Å². The highest BCUT2D eigenvalue weighted by Crippen LogP contribution is 2.20. The SMILES string of the molecule is COC(=O)CCCNCc1cc(C)sc1C. The third-order valence-corrected chi connectivity index (χ3v) is 3.43. The van der Waals surface area contributed by atoms with Crippen molar-refractivity contribution in [2.75, 3.05) is 13.7 Å². The van der Waals surface area contributed by atoms with Crippen molar-refractivity contribution >= 4 is 17.3 Å². The molecule has 0 amide bonds. The summed E-state index contributed by atoms with van der Waals surface area (Å²) in [6.07, 6.45) is 1.32. The van der Waals surface area contributed by atoms with Gasteiger partial charge in [-0.1, -0.05) is 0 Å². The van der Waals surface area contributed by atoms with E-state index in [1.165, 1.54) is 22.4 Å². The molecular formula is C12H19NO2S. The molecule has 0 saturated heterocycles. The number of hydrogen-bond acceptors (Lipinski definition) is 4. The van der Waals surface area contributed by atoms with Gasteiger partial charge in [0.15, 0.2) is 0 Å². The summed E-state index contributed by atoms with van der Waals surface area (Å²) >= 11 is 1.83. The molecule has 3 nitrogen and oxygen atoms in total. The molecule has 0 saturated carbocycles. The number of aryl methyl sites for hydroxylation is 2. The monoisotopic (exact) mass is 241 g/mol. The standard InChI is InChI=1S/C12H19NO2S/c1-9-7-11(10(2)16-9)8-13-6-4-5-12(14)15-3/h7,13H,4-6,8H2,1-3H3. The van der Waals surface area contributed by atoms with Gasteiger partial charge < -0.3 is 10.1 Å². The van der Waals surface area contributed by atoms with Crippen molar-refractivity contribution in [3.8, 4) is 0 Å². The molecule has 1 heterocycles. The normalized spacial score (nSPS) is 10.4. The van der Waals surface area contributed by atoms with E-state index in [1.54, 1.807) is 0 Å². The van der Waals surface area contributed by atoms with E-state index in [1.807, 2.05) is 11.3 Å². The smallest absolute Gasteiger partial charge is 0.305 e. The van der Waals surface area contributed by atoms with Crippen LogP contribution < -0.4 is 5.32 Å². The second-order valence-corrected chi connectivity index (χ2v) is 5.26. The van der Waals surface area contributed by atoms with Gasteiger partial charge in [0.05, 0.1) is 7.11 Å². The first-order valence-electron chi connectivity index (χ1n) is 5.47. The number of rotatable bonds is 6. The fraction of sp³-hybridized carbons (Fsp3) is 0.583. The van der Waals surface area contributed by atoms with E-state index in [-0.39, 0.29) is 5.97 Å². The lowest BCUT2D eigenvalue weighted by Gasteiger charge is -2.03. The van der Waals surface area contributed by atoms with Crippen molar-refractivity contribution in [3.05, 3.63) is 21.4 Å². The molecule has 1 aromatic heterocycles. The number of thiophene rings is 1. The van der Waals surface area contributed by atoms with Gasteiger partial charge in [0.25, 0.3) is 0 Å². The average Bonchev–Trinajstić information content (AvgIpc) is 2.56. The van der Waals surface area contributed by atoms with Crippen molar-refractivity contribution < 1.29 is 9.53 Å². The lowest BCUT2D eigenvalue weighted by atomic mass is 10.2. The largest absolute Gasteiger partial charge is 0.469 e. The molecule has 90 valence electrons. The maximum absolute atomic E-state index is 10.9. The molecule has 16 heavy (non-hydrogen) atoms. The van der Waals surface area contributed by atoms with Crippen molar-refractivity contribution in [1.82, 2.24) is 5.32 Å². The van der Waals surface area contributed by atoms with Crippen LogP contribution in [-0.2, 0) is 16.1 Å². The summed E-state index contributed by atoms with van der Waals surface area (Å²) < 4.78 is 4.57. The van der Waals surface area contributed by atoms with Crippen LogP contribution in [0.25, 0.3) is 0 Å². The highest BCUT2D eigenvalue weighted by Gasteiger charge is 2.02. The Balaban J connectivity index is 2.16. The van der Waals surface area contributed by atoms with Gasteiger partial charge in [0.1, 0.15) is 0 Å². The van der Waals surface area contributed by atoms with Gasteiger partial charge in [-0.15, -0.1) is 11.3 Å². The Morgan fingerprint density at radius 2 is 2.25 bits per heavy atom. The molecule has 0 unspecified atom stereocenters. The van der Waals surface area contributed by atoms with Crippen LogP contribution in [-0.4, -0.2) is 19.6 Å². The van der Waals surface area contributed by atoms with Gasteiger partial charge >= 0.3 is 5.97 Å². The molecule has 1 N–H and O–H groups in total. The van der Waals surface area contributed by atoms with E-state index in [2.05, 4.69) is 30.0 Å². The predicted molar refractivity (Wildman–Crippen MR) is 66.7 cm³/mol. The summed E-state index contributed by atoms with van der Waals surface area (Å²) in [6.45, 7) is 6.00. The minimum Gasteiger partial charge on any atom is -0.469 e. The van der Waals surface area contributed by atoms with Gasteiger partial charge in [-0.25, -0.2) is 0 Å². The zero-order valence-corrected chi connectivity index (χ0v) is 10.9. The summed E-state index contributed by atoms with van der Waals surface area (Å²) in [6, 6.07) is 2.22. The van der Waals surface area contributed by atoms with Gasteiger partial charge in [0, 0.05) is 22.7 Å². The van der Waals surface area contributed by atoms with E-state index in [4.69, 9.17) is 0 Å².